The molecule has 0 saturated carbocycles. The summed E-state index contributed by atoms with van der Waals surface area (Å²) in [5, 5.41) is 19.1. The number of pyridine rings is 1. The summed E-state index contributed by atoms with van der Waals surface area (Å²) in [5.41, 5.74) is 1.19. The minimum atomic E-state index is 0.0639. The van der Waals surface area contributed by atoms with Crippen LogP contribution >= 0.6 is 0 Å². The number of para-hydroxylation sites is 1. The van der Waals surface area contributed by atoms with Gasteiger partial charge >= 0.3 is 0 Å². The highest BCUT2D eigenvalue weighted by Gasteiger charge is 2.06. The molecule has 0 aliphatic carbocycles. The van der Waals surface area contributed by atoms with E-state index in [0.29, 0.717) is 11.1 Å². The van der Waals surface area contributed by atoms with Crippen LogP contribution in [0.2, 0.25) is 0 Å². The molecule has 2 aromatic rings. The van der Waals surface area contributed by atoms with Gasteiger partial charge in [-0.1, -0.05) is 18.2 Å². The summed E-state index contributed by atoms with van der Waals surface area (Å²) in [6, 6.07) is 8.51. The second-order valence-electron chi connectivity index (χ2n) is 2.91. The van der Waals surface area contributed by atoms with Crippen molar-refractivity contribution in [3.63, 3.8) is 0 Å². The fourth-order valence-corrected chi connectivity index (χ4v) is 1.32. The van der Waals surface area contributed by atoms with Gasteiger partial charge in [0, 0.05) is 17.3 Å². The van der Waals surface area contributed by atoms with Crippen molar-refractivity contribution in [3.05, 3.63) is 42.7 Å². The second-order valence-corrected chi connectivity index (χ2v) is 2.91. The zero-order valence-electron chi connectivity index (χ0n) is 7.38. The normalized spacial score (nSPS) is 10.0. The van der Waals surface area contributed by atoms with Gasteiger partial charge in [-0.15, -0.1) is 0 Å². The molecule has 70 valence electrons. The van der Waals surface area contributed by atoms with Crippen molar-refractivity contribution in [1.29, 1.82) is 0 Å². The van der Waals surface area contributed by atoms with E-state index < -0.39 is 0 Å². The average Bonchev–Trinajstić information content (AvgIpc) is 2.20. The van der Waals surface area contributed by atoms with Crippen LogP contribution in [0.15, 0.2) is 42.7 Å². The molecule has 0 aliphatic heterocycles. The highest BCUT2D eigenvalue weighted by Crippen LogP contribution is 2.33. The molecule has 0 aliphatic rings. The highest BCUT2D eigenvalue weighted by molar-refractivity contribution is 5.74. The Morgan fingerprint density at radius 2 is 1.57 bits per heavy atom. The van der Waals surface area contributed by atoms with Crippen molar-refractivity contribution in [2.75, 3.05) is 0 Å². The third-order valence-corrected chi connectivity index (χ3v) is 1.99. The fraction of sp³-hybridized carbons (Fsp3) is 0. The van der Waals surface area contributed by atoms with Crippen LogP contribution in [0.5, 0.6) is 11.5 Å². The molecule has 1 heterocycles. The standard InChI is InChI=1S/C11H9NO2/c13-10-4-2-1-3-8(10)9-5-6-12-7-11(9)14/h1-7,13-14H. The molecule has 0 fully saturated rings. The van der Waals surface area contributed by atoms with Crippen LogP contribution in [0.3, 0.4) is 0 Å². The second kappa shape index (κ2) is 3.38. The average molecular weight is 187 g/mol. The molecule has 2 rings (SSSR count). The van der Waals surface area contributed by atoms with Gasteiger partial charge < -0.3 is 10.2 Å². The molecule has 0 saturated heterocycles. The molecule has 3 nitrogen and oxygen atoms in total. The summed E-state index contributed by atoms with van der Waals surface area (Å²) in [5.74, 6) is 0.211. The lowest BCUT2D eigenvalue weighted by Gasteiger charge is -2.05. The predicted octanol–water partition coefficient (Wildman–Crippen LogP) is 2.16. The number of aromatic nitrogens is 1. The van der Waals surface area contributed by atoms with E-state index in [4.69, 9.17) is 0 Å². The third-order valence-electron chi connectivity index (χ3n) is 1.99. The number of benzene rings is 1. The summed E-state index contributed by atoms with van der Waals surface area (Å²) in [4.78, 5) is 3.77. The summed E-state index contributed by atoms with van der Waals surface area (Å²) < 4.78 is 0. The summed E-state index contributed by atoms with van der Waals surface area (Å²) in [6.07, 6.45) is 2.92. The number of hydrogen-bond acceptors (Lipinski definition) is 3. The maximum Gasteiger partial charge on any atom is 0.141 e. The lowest BCUT2D eigenvalue weighted by Crippen LogP contribution is -1.80. The Labute approximate surface area is 81.3 Å². The molecule has 0 atom stereocenters. The number of phenols is 1. The van der Waals surface area contributed by atoms with E-state index in [1.807, 2.05) is 0 Å². The number of phenolic OH excluding ortho intramolecular Hbond substituents is 1. The first-order chi connectivity index (χ1) is 6.79. The number of rotatable bonds is 1. The van der Waals surface area contributed by atoms with Crippen molar-refractivity contribution in [3.8, 4) is 22.6 Å². The zero-order valence-corrected chi connectivity index (χ0v) is 7.38. The Kier molecular flexibility index (Phi) is 2.07. The van der Waals surface area contributed by atoms with Crippen molar-refractivity contribution >= 4 is 0 Å². The Balaban J connectivity index is 2.61. The maximum absolute atomic E-state index is 9.56. The van der Waals surface area contributed by atoms with Crippen molar-refractivity contribution < 1.29 is 10.2 Å². The van der Waals surface area contributed by atoms with Gasteiger partial charge in [0.15, 0.2) is 0 Å². The van der Waals surface area contributed by atoms with Crippen LogP contribution in [-0.4, -0.2) is 15.2 Å². The van der Waals surface area contributed by atoms with Gasteiger partial charge in [0.05, 0.1) is 6.20 Å². The smallest absolute Gasteiger partial charge is 0.141 e. The first-order valence-corrected chi connectivity index (χ1v) is 4.20. The molecular formula is C11H9NO2. The Hall–Kier alpha value is -2.03. The molecule has 0 spiro atoms. The molecule has 1 aromatic carbocycles. The van der Waals surface area contributed by atoms with E-state index in [1.165, 1.54) is 6.20 Å². The highest BCUT2D eigenvalue weighted by atomic mass is 16.3. The fourth-order valence-electron chi connectivity index (χ4n) is 1.32. The SMILES string of the molecule is Oc1ccccc1-c1ccncc1O. The molecule has 14 heavy (non-hydrogen) atoms. The van der Waals surface area contributed by atoms with E-state index in [2.05, 4.69) is 4.98 Å². The molecular weight excluding hydrogens is 178 g/mol. The van der Waals surface area contributed by atoms with Gasteiger partial charge in [-0.3, -0.25) is 4.98 Å². The van der Waals surface area contributed by atoms with Gasteiger partial charge in [-0.05, 0) is 12.1 Å². The van der Waals surface area contributed by atoms with Crippen molar-refractivity contribution in [1.82, 2.24) is 4.98 Å². The molecule has 0 amide bonds. The van der Waals surface area contributed by atoms with Crippen LogP contribution in [0.1, 0.15) is 0 Å². The third kappa shape index (κ3) is 1.40. The topological polar surface area (TPSA) is 53.4 Å². The van der Waals surface area contributed by atoms with Gasteiger partial charge in [-0.2, -0.15) is 0 Å². The Morgan fingerprint density at radius 1 is 0.857 bits per heavy atom. The van der Waals surface area contributed by atoms with Crippen LogP contribution in [0.4, 0.5) is 0 Å². The molecule has 0 bridgehead atoms. The van der Waals surface area contributed by atoms with E-state index in [-0.39, 0.29) is 11.5 Å². The zero-order chi connectivity index (χ0) is 9.97. The van der Waals surface area contributed by atoms with Crippen LogP contribution in [-0.2, 0) is 0 Å². The minimum absolute atomic E-state index is 0.0639. The van der Waals surface area contributed by atoms with Crippen LogP contribution in [0.25, 0.3) is 11.1 Å². The molecule has 0 radical (unpaired) electrons. The lowest BCUT2D eigenvalue weighted by atomic mass is 10.1. The van der Waals surface area contributed by atoms with Gasteiger partial charge in [0.2, 0.25) is 0 Å². The van der Waals surface area contributed by atoms with Crippen LogP contribution in [0, 0.1) is 0 Å². The summed E-state index contributed by atoms with van der Waals surface area (Å²) in [6.45, 7) is 0. The lowest BCUT2D eigenvalue weighted by molar-refractivity contribution is 0.467. The number of aromatic hydroxyl groups is 2. The largest absolute Gasteiger partial charge is 0.507 e. The first-order valence-electron chi connectivity index (χ1n) is 4.20. The van der Waals surface area contributed by atoms with E-state index in [0.717, 1.165) is 0 Å². The molecule has 0 unspecified atom stereocenters. The maximum atomic E-state index is 9.56. The first kappa shape index (κ1) is 8.56. The van der Waals surface area contributed by atoms with Gasteiger partial charge in [0.25, 0.3) is 0 Å². The Bertz CT molecular complexity index is 411. The predicted molar refractivity (Wildman–Crippen MR) is 53.0 cm³/mol. The Morgan fingerprint density at radius 3 is 2.29 bits per heavy atom. The number of hydrogen-bond donors (Lipinski definition) is 2. The minimum Gasteiger partial charge on any atom is -0.507 e. The molecule has 2 N–H and O–H groups in total. The van der Waals surface area contributed by atoms with Crippen molar-refractivity contribution in [2.45, 2.75) is 0 Å². The van der Waals surface area contributed by atoms with Gasteiger partial charge in [-0.25, -0.2) is 0 Å². The van der Waals surface area contributed by atoms with E-state index in [9.17, 15) is 10.2 Å². The van der Waals surface area contributed by atoms with Crippen molar-refractivity contribution in [2.24, 2.45) is 0 Å². The van der Waals surface area contributed by atoms with E-state index >= 15 is 0 Å². The van der Waals surface area contributed by atoms with Crippen LogP contribution < -0.4 is 0 Å². The molecule has 1 aromatic heterocycles. The molecule has 3 heteroatoms. The monoisotopic (exact) mass is 187 g/mol. The summed E-state index contributed by atoms with van der Waals surface area (Å²) >= 11 is 0. The van der Waals surface area contributed by atoms with Gasteiger partial charge in [0.1, 0.15) is 11.5 Å². The quantitative estimate of drug-likeness (QED) is 0.719. The van der Waals surface area contributed by atoms with E-state index in [1.54, 1.807) is 36.5 Å². The summed E-state index contributed by atoms with van der Waals surface area (Å²) in [7, 11) is 0. The number of nitrogens with zero attached hydrogens (tertiary/aromatic N) is 1.